The van der Waals surface area contributed by atoms with Crippen molar-refractivity contribution in [3.05, 3.63) is 56.7 Å². The molecule has 0 aliphatic rings. The van der Waals surface area contributed by atoms with Gasteiger partial charge in [0.2, 0.25) is 0 Å². The van der Waals surface area contributed by atoms with E-state index in [4.69, 9.17) is 4.74 Å². The summed E-state index contributed by atoms with van der Waals surface area (Å²) in [5, 5.41) is 0. The number of alkyl halides is 3. The van der Waals surface area contributed by atoms with Crippen molar-refractivity contribution in [3.63, 3.8) is 0 Å². The fourth-order valence-corrected chi connectivity index (χ4v) is 2.22. The van der Waals surface area contributed by atoms with Crippen molar-refractivity contribution in [1.29, 1.82) is 0 Å². The number of hydrogen-bond donors (Lipinski definition) is 0. The predicted molar refractivity (Wildman–Crippen MR) is 73.3 cm³/mol. The van der Waals surface area contributed by atoms with Gasteiger partial charge in [-0.2, -0.15) is 13.2 Å². The van der Waals surface area contributed by atoms with Gasteiger partial charge in [0.05, 0.1) is 14.5 Å². The second kappa shape index (κ2) is 5.73. The summed E-state index contributed by atoms with van der Waals surface area (Å²) in [7, 11) is 0. The summed E-state index contributed by atoms with van der Waals surface area (Å²) in [6.07, 6.45) is -4.43. The molecule has 1 nitrogen and oxygen atoms in total. The molecular formula is C13H6Br2F4O. The van der Waals surface area contributed by atoms with Crippen LogP contribution >= 0.6 is 31.9 Å². The quantitative estimate of drug-likeness (QED) is 0.535. The van der Waals surface area contributed by atoms with Crippen molar-refractivity contribution in [3.8, 4) is 11.5 Å². The summed E-state index contributed by atoms with van der Waals surface area (Å²) in [4.78, 5) is 0. The summed E-state index contributed by atoms with van der Waals surface area (Å²) in [6.45, 7) is 0. The molecule has 2 aromatic rings. The van der Waals surface area contributed by atoms with Crippen molar-refractivity contribution < 1.29 is 22.3 Å². The summed E-state index contributed by atoms with van der Waals surface area (Å²) in [5.41, 5.74) is -0.796. The molecule has 7 heteroatoms. The number of ether oxygens (including phenoxy) is 1. The summed E-state index contributed by atoms with van der Waals surface area (Å²) in [6, 6.07) is 6.79. The van der Waals surface area contributed by atoms with Crippen molar-refractivity contribution in [2.24, 2.45) is 0 Å². The monoisotopic (exact) mass is 412 g/mol. The molecular weight excluding hydrogens is 408 g/mol. The van der Waals surface area contributed by atoms with Crippen LogP contribution in [0.2, 0.25) is 0 Å². The molecule has 0 unspecified atom stereocenters. The number of hydrogen-bond acceptors (Lipinski definition) is 1. The Morgan fingerprint density at radius 1 is 0.850 bits per heavy atom. The Morgan fingerprint density at radius 2 is 1.55 bits per heavy atom. The van der Waals surface area contributed by atoms with Gasteiger partial charge in [0.25, 0.3) is 0 Å². The Labute approximate surface area is 128 Å². The molecule has 0 aliphatic heterocycles. The van der Waals surface area contributed by atoms with Gasteiger partial charge in [-0.3, -0.25) is 0 Å². The van der Waals surface area contributed by atoms with E-state index in [0.29, 0.717) is 4.47 Å². The van der Waals surface area contributed by atoms with Crippen molar-refractivity contribution in [2.45, 2.75) is 6.18 Å². The minimum absolute atomic E-state index is 0.128. The lowest BCUT2D eigenvalue weighted by Gasteiger charge is -2.12. The van der Waals surface area contributed by atoms with E-state index in [1.54, 1.807) is 0 Å². The van der Waals surface area contributed by atoms with Crippen LogP contribution < -0.4 is 4.74 Å². The van der Waals surface area contributed by atoms with Crippen LogP contribution in [-0.4, -0.2) is 0 Å². The van der Waals surface area contributed by atoms with E-state index < -0.39 is 17.6 Å². The van der Waals surface area contributed by atoms with Gasteiger partial charge in [0.1, 0.15) is 17.3 Å². The van der Waals surface area contributed by atoms with Crippen LogP contribution in [-0.2, 0) is 6.18 Å². The lowest BCUT2D eigenvalue weighted by molar-refractivity contribution is -0.137. The normalized spacial score (nSPS) is 11.5. The van der Waals surface area contributed by atoms with E-state index in [-0.39, 0.29) is 16.0 Å². The molecule has 0 fully saturated rings. The van der Waals surface area contributed by atoms with E-state index in [1.165, 1.54) is 18.2 Å². The molecule has 0 radical (unpaired) electrons. The van der Waals surface area contributed by atoms with Crippen LogP contribution in [0.15, 0.2) is 45.3 Å². The molecule has 0 amide bonds. The molecule has 0 N–H and O–H groups in total. The van der Waals surface area contributed by atoms with Crippen LogP contribution in [0.5, 0.6) is 11.5 Å². The molecule has 0 aliphatic carbocycles. The van der Waals surface area contributed by atoms with Crippen molar-refractivity contribution in [2.75, 3.05) is 0 Å². The highest BCUT2D eigenvalue weighted by molar-refractivity contribution is 9.11. The number of benzene rings is 2. The molecule has 0 saturated carbocycles. The van der Waals surface area contributed by atoms with Gasteiger partial charge in [-0.05, 0) is 62.2 Å². The Kier molecular flexibility index (Phi) is 4.39. The molecule has 0 atom stereocenters. The third-order valence-corrected chi connectivity index (χ3v) is 3.65. The summed E-state index contributed by atoms with van der Waals surface area (Å²) >= 11 is 6.18. The first-order valence-corrected chi connectivity index (χ1v) is 6.85. The zero-order valence-corrected chi connectivity index (χ0v) is 12.8. The largest absolute Gasteiger partial charge is 0.455 e. The first-order chi connectivity index (χ1) is 9.27. The maximum absolute atomic E-state index is 13.1. The fourth-order valence-electron chi connectivity index (χ4n) is 1.43. The van der Waals surface area contributed by atoms with Gasteiger partial charge in [-0.25, -0.2) is 4.39 Å². The van der Waals surface area contributed by atoms with Gasteiger partial charge < -0.3 is 4.74 Å². The van der Waals surface area contributed by atoms with Crippen LogP contribution in [0.25, 0.3) is 0 Å². The molecule has 0 spiro atoms. The Balaban J connectivity index is 2.33. The SMILES string of the molecule is Fc1ccc(Br)c(Oc2ccc(C(F)(F)F)cc2Br)c1. The maximum atomic E-state index is 13.1. The minimum Gasteiger partial charge on any atom is -0.455 e. The molecule has 2 rings (SSSR count). The van der Waals surface area contributed by atoms with E-state index >= 15 is 0 Å². The fraction of sp³-hybridized carbons (Fsp3) is 0.0769. The zero-order valence-electron chi connectivity index (χ0n) is 9.64. The van der Waals surface area contributed by atoms with Crippen molar-refractivity contribution in [1.82, 2.24) is 0 Å². The van der Waals surface area contributed by atoms with Gasteiger partial charge in [0, 0.05) is 6.07 Å². The molecule has 0 saturated heterocycles. The maximum Gasteiger partial charge on any atom is 0.416 e. The molecule has 0 aromatic heterocycles. The second-order valence-electron chi connectivity index (χ2n) is 3.82. The minimum atomic E-state index is -4.43. The Morgan fingerprint density at radius 3 is 2.15 bits per heavy atom. The average Bonchev–Trinajstić information content (AvgIpc) is 2.35. The van der Waals surface area contributed by atoms with E-state index in [9.17, 15) is 17.6 Å². The summed E-state index contributed by atoms with van der Waals surface area (Å²) < 4.78 is 56.7. The van der Waals surface area contributed by atoms with E-state index in [1.807, 2.05) is 0 Å². The van der Waals surface area contributed by atoms with E-state index in [2.05, 4.69) is 31.9 Å². The van der Waals surface area contributed by atoms with Crippen LogP contribution in [0, 0.1) is 5.82 Å². The molecule has 106 valence electrons. The highest BCUT2D eigenvalue weighted by Gasteiger charge is 2.31. The number of rotatable bonds is 2. The molecule has 2 aromatic carbocycles. The average molecular weight is 414 g/mol. The Hall–Kier alpha value is -1.08. The predicted octanol–water partition coefficient (Wildman–Crippen LogP) is 6.16. The zero-order chi connectivity index (χ0) is 14.9. The van der Waals surface area contributed by atoms with Gasteiger partial charge in [-0.1, -0.05) is 0 Å². The van der Waals surface area contributed by atoms with Crippen LogP contribution in [0.1, 0.15) is 5.56 Å². The lowest BCUT2D eigenvalue weighted by Crippen LogP contribution is -2.04. The first kappa shape index (κ1) is 15.3. The van der Waals surface area contributed by atoms with E-state index in [0.717, 1.165) is 18.2 Å². The van der Waals surface area contributed by atoms with Gasteiger partial charge >= 0.3 is 6.18 Å². The third-order valence-electron chi connectivity index (χ3n) is 2.37. The highest BCUT2D eigenvalue weighted by atomic mass is 79.9. The van der Waals surface area contributed by atoms with Crippen LogP contribution in [0.4, 0.5) is 17.6 Å². The molecule has 0 bridgehead atoms. The van der Waals surface area contributed by atoms with Gasteiger partial charge in [0.15, 0.2) is 0 Å². The number of halogens is 6. The molecule has 0 heterocycles. The lowest BCUT2D eigenvalue weighted by atomic mass is 10.2. The van der Waals surface area contributed by atoms with Crippen molar-refractivity contribution >= 4 is 31.9 Å². The standard InChI is InChI=1S/C13H6Br2F4O/c14-9-3-2-8(16)6-12(9)20-11-4-1-7(5-10(11)15)13(17,18)19/h1-6H. The summed E-state index contributed by atoms with van der Waals surface area (Å²) in [5.74, 6) is -0.180. The smallest absolute Gasteiger partial charge is 0.416 e. The molecule has 20 heavy (non-hydrogen) atoms. The highest BCUT2D eigenvalue weighted by Crippen LogP contribution is 2.38. The van der Waals surface area contributed by atoms with Gasteiger partial charge in [-0.15, -0.1) is 0 Å². The van der Waals surface area contributed by atoms with Crippen LogP contribution in [0.3, 0.4) is 0 Å². The topological polar surface area (TPSA) is 9.23 Å². The second-order valence-corrected chi connectivity index (χ2v) is 5.53. The first-order valence-electron chi connectivity index (χ1n) is 5.27. The third kappa shape index (κ3) is 3.52. The Bertz CT molecular complexity index is 641.